The molecule has 1 aliphatic heterocycles. The minimum absolute atomic E-state index is 0.00783. The van der Waals surface area contributed by atoms with Gasteiger partial charge in [-0.3, -0.25) is 4.68 Å². The van der Waals surface area contributed by atoms with E-state index in [1.807, 2.05) is 12.1 Å². The van der Waals surface area contributed by atoms with Gasteiger partial charge in [0.05, 0.1) is 24.5 Å². The number of nitrogens with zero attached hydrogens (tertiary/aromatic N) is 2. The number of ether oxygens (including phenoxy) is 2. The number of hydrogen-bond donors (Lipinski definition) is 1. The Balaban J connectivity index is 2.20. The lowest BCUT2D eigenvalue weighted by molar-refractivity contribution is 0.0689. The fraction of sp³-hybridized carbons (Fsp3) is 0.286. The summed E-state index contributed by atoms with van der Waals surface area (Å²) in [4.78, 5) is 11.1. The number of hydrogen-bond acceptors (Lipinski definition) is 4. The highest BCUT2D eigenvalue weighted by Crippen LogP contribution is 2.44. The maximum absolute atomic E-state index is 11.1. The molecule has 0 saturated heterocycles. The molecule has 2 aromatic rings. The molecular weight excluding hydrogens is 340 g/mol. The minimum Gasteiger partial charge on any atom is -0.490 e. The molecule has 0 amide bonds. The van der Waals surface area contributed by atoms with Crippen molar-refractivity contribution in [3.05, 3.63) is 28.4 Å². The van der Waals surface area contributed by atoms with Crippen LogP contribution in [0, 0.1) is 0 Å². The van der Waals surface area contributed by atoms with Crippen LogP contribution in [0.15, 0.2) is 22.7 Å². The van der Waals surface area contributed by atoms with Crippen LogP contribution < -0.4 is 9.47 Å². The Bertz CT molecular complexity index is 711. The van der Waals surface area contributed by atoms with Gasteiger partial charge in [0, 0.05) is 17.9 Å². The summed E-state index contributed by atoms with van der Waals surface area (Å²) < 4.78 is 13.8. The van der Waals surface area contributed by atoms with E-state index < -0.39 is 5.97 Å². The Hall–Kier alpha value is -2.02. The molecule has 1 N–H and O–H groups in total. The predicted octanol–water partition coefficient (Wildman–Crippen LogP) is 2.71. The van der Waals surface area contributed by atoms with Gasteiger partial charge in [0.2, 0.25) is 0 Å². The van der Waals surface area contributed by atoms with Crippen molar-refractivity contribution < 1.29 is 19.4 Å². The number of aryl methyl sites for hydroxylation is 1. The Labute approximate surface area is 129 Å². The normalized spacial score (nSPS) is 13.8. The van der Waals surface area contributed by atoms with Gasteiger partial charge >= 0.3 is 5.97 Å². The summed E-state index contributed by atoms with van der Waals surface area (Å²) in [5.41, 5.74) is 1.39. The van der Waals surface area contributed by atoms with Gasteiger partial charge in [-0.05, 0) is 34.1 Å². The Kier molecular flexibility index (Phi) is 3.59. The molecule has 1 aromatic carbocycles. The number of fused-ring (bicyclic) bond motifs is 1. The maximum Gasteiger partial charge on any atom is 0.356 e. The van der Waals surface area contributed by atoms with E-state index in [-0.39, 0.29) is 5.69 Å². The quantitative estimate of drug-likeness (QED) is 0.899. The molecule has 1 aromatic heterocycles. The molecule has 21 heavy (non-hydrogen) atoms. The van der Waals surface area contributed by atoms with E-state index in [0.717, 1.165) is 16.5 Å². The Morgan fingerprint density at radius 2 is 2.14 bits per heavy atom. The van der Waals surface area contributed by atoms with Gasteiger partial charge in [-0.15, -0.1) is 0 Å². The fourth-order valence-corrected chi connectivity index (χ4v) is 2.77. The molecule has 110 valence electrons. The highest BCUT2D eigenvalue weighted by Gasteiger charge is 2.23. The highest BCUT2D eigenvalue weighted by molar-refractivity contribution is 9.10. The van der Waals surface area contributed by atoms with Gasteiger partial charge in [-0.2, -0.15) is 5.10 Å². The van der Waals surface area contributed by atoms with Crippen molar-refractivity contribution >= 4 is 21.9 Å². The van der Waals surface area contributed by atoms with Gasteiger partial charge in [-0.1, -0.05) is 0 Å². The zero-order valence-corrected chi connectivity index (χ0v) is 12.9. The van der Waals surface area contributed by atoms with Crippen LogP contribution in [0.2, 0.25) is 0 Å². The summed E-state index contributed by atoms with van der Waals surface area (Å²) in [7, 11) is 1.70. The third-order valence-corrected chi connectivity index (χ3v) is 3.88. The monoisotopic (exact) mass is 352 g/mol. The molecule has 0 spiro atoms. The lowest BCUT2D eigenvalue weighted by Gasteiger charge is -2.14. The van der Waals surface area contributed by atoms with E-state index in [2.05, 4.69) is 21.0 Å². The van der Waals surface area contributed by atoms with Gasteiger partial charge in [0.15, 0.2) is 17.2 Å². The summed E-state index contributed by atoms with van der Waals surface area (Å²) >= 11 is 3.49. The van der Waals surface area contributed by atoms with Crippen LogP contribution in [0.25, 0.3) is 11.3 Å². The van der Waals surface area contributed by atoms with E-state index in [4.69, 9.17) is 14.6 Å². The summed E-state index contributed by atoms with van der Waals surface area (Å²) in [6.07, 6.45) is 0.803. The topological polar surface area (TPSA) is 73.6 Å². The molecule has 0 atom stereocenters. The van der Waals surface area contributed by atoms with Crippen molar-refractivity contribution in [3.63, 3.8) is 0 Å². The number of carbonyl (C=O) groups is 1. The average Bonchev–Trinajstić information content (AvgIpc) is 2.68. The van der Waals surface area contributed by atoms with E-state index in [1.165, 1.54) is 10.7 Å². The second-order valence-corrected chi connectivity index (χ2v) is 5.50. The third-order valence-electron chi connectivity index (χ3n) is 3.22. The van der Waals surface area contributed by atoms with Crippen molar-refractivity contribution in [1.29, 1.82) is 0 Å². The van der Waals surface area contributed by atoms with Crippen molar-refractivity contribution in [3.8, 4) is 22.8 Å². The summed E-state index contributed by atoms with van der Waals surface area (Å²) in [6.45, 7) is 1.15. The molecule has 0 aliphatic carbocycles. The van der Waals surface area contributed by atoms with Crippen molar-refractivity contribution in [2.45, 2.75) is 6.42 Å². The van der Waals surface area contributed by atoms with E-state index in [1.54, 1.807) is 7.05 Å². The van der Waals surface area contributed by atoms with Crippen molar-refractivity contribution in [1.82, 2.24) is 9.78 Å². The van der Waals surface area contributed by atoms with Gasteiger partial charge in [0.25, 0.3) is 0 Å². The molecular formula is C14H13BrN2O4. The second-order valence-electron chi connectivity index (χ2n) is 4.64. The molecule has 1 aliphatic rings. The number of aromatic nitrogens is 2. The van der Waals surface area contributed by atoms with Gasteiger partial charge < -0.3 is 14.6 Å². The molecule has 0 bridgehead atoms. The molecule has 0 saturated carbocycles. The summed E-state index contributed by atoms with van der Waals surface area (Å²) in [6, 6.07) is 5.22. The maximum atomic E-state index is 11.1. The average molecular weight is 353 g/mol. The number of carboxylic acid groups (broad SMARTS) is 1. The number of carboxylic acids is 1. The molecule has 7 heteroatoms. The predicted molar refractivity (Wildman–Crippen MR) is 78.9 cm³/mol. The Morgan fingerprint density at radius 1 is 1.38 bits per heavy atom. The zero-order valence-electron chi connectivity index (χ0n) is 11.3. The number of rotatable bonds is 2. The zero-order chi connectivity index (χ0) is 15.0. The fourth-order valence-electron chi connectivity index (χ4n) is 2.26. The number of benzene rings is 1. The Morgan fingerprint density at radius 3 is 2.86 bits per heavy atom. The second kappa shape index (κ2) is 5.40. The lowest BCUT2D eigenvalue weighted by Crippen LogP contribution is -2.01. The molecule has 0 radical (unpaired) electrons. The highest BCUT2D eigenvalue weighted by atomic mass is 79.9. The van der Waals surface area contributed by atoms with Gasteiger partial charge in [-0.25, -0.2) is 4.79 Å². The smallest absolute Gasteiger partial charge is 0.356 e. The number of halogens is 1. The molecule has 2 heterocycles. The van der Waals surface area contributed by atoms with Crippen LogP contribution in [0.4, 0.5) is 0 Å². The first-order valence-corrected chi connectivity index (χ1v) is 7.23. The SMILES string of the molecule is Cn1nc(C(=O)O)cc1-c1c(Br)ccc2c1OCCCO2. The van der Waals surface area contributed by atoms with Crippen molar-refractivity contribution in [2.24, 2.45) is 7.05 Å². The van der Waals surface area contributed by atoms with Crippen molar-refractivity contribution in [2.75, 3.05) is 13.2 Å². The number of aromatic carboxylic acids is 1. The largest absolute Gasteiger partial charge is 0.490 e. The van der Waals surface area contributed by atoms with Crippen LogP contribution in [-0.4, -0.2) is 34.1 Å². The molecule has 0 unspecified atom stereocenters. The molecule has 3 rings (SSSR count). The lowest BCUT2D eigenvalue weighted by atomic mass is 10.1. The van der Waals surface area contributed by atoms with E-state index >= 15 is 0 Å². The first-order chi connectivity index (χ1) is 10.1. The summed E-state index contributed by atoms with van der Waals surface area (Å²) in [5.74, 6) is 0.206. The summed E-state index contributed by atoms with van der Waals surface area (Å²) in [5, 5.41) is 13.1. The van der Waals surface area contributed by atoms with E-state index in [0.29, 0.717) is 30.4 Å². The van der Waals surface area contributed by atoms with Crippen LogP contribution in [0.3, 0.4) is 0 Å². The van der Waals surface area contributed by atoms with Crippen LogP contribution >= 0.6 is 15.9 Å². The van der Waals surface area contributed by atoms with Crippen LogP contribution in [-0.2, 0) is 7.05 Å². The first-order valence-electron chi connectivity index (χ1n) is 6.43. The standard InChI is InChI=1S/C14H13BrN2O4/c1-17-10(7-9(16-17)14(18)19)12-8(15)3-4-11-13(12)21-6-2-5-20-11/h3-4,7H,2,5-6H2,1H3,(H,18,19). The first kappa shape index (κ1) is 13.9. The third kappa shape index (κ3) is 2.49. The van der Waals surface area contributed by atoms with E-state index in [9.17, 15) is 4.79 Å². The minimum atomic E-state index is -1.06. The van der Waals surface area contributed by atoms with Gasteiger partial charge in [0.1, 0.15) is 0 Å². The van der Waals surface area contributed by atoms with Crippen LogP contribution in [0.5, 0.6) is 11.5 Å². The van der Waals surface area contributed by atoms with Crippen LogP contribution in [0.1, 0.15) is 16.9 Å². The molecule has 0 fully saturated rings. The molecule has 6 nitrogen and oxygen atoms in total.